The SMILES string of the molecule is C[Si](C)(C)C(c1[c]c(C([Si](C)(C)C)[Si](C)(C)C)cc(C([Si](C)(C)C)[Si](C)(C)C)c1)[Si](C)(C)C.C[Si](C)(C)[CH][Si](C)(C)C.[HH].[HH].[Pb]. The van der Waals surface area contributed by atoms with Crippen LogP contribution in [0.3, 0.4) is 0 Å². The molecule has 1 rings (SSSR count). The molecule has 1 aromatic rings. The van der Waals surface area contributed by atoms with Crippen molar-refractivity contribution < 1.29 is 2.85 Å². The van der Waals surface area contributed by atoms with E-state index in [2.05, 4.69) is 181 Å². The second-order valence-corrected chi connectivity index (χ2v) is 66.4. The molecule has 0 aliphatic rings. The first-order chi connectivity index (χ1) is 17.9. The number of hydrogen-bond acceptors (Lipinski definition) is 0. The molecule has 0 bridgehead atoms. The number of hydrogen-bond donors (Lipinski definition) is 0. The van der Waals surface area contributed by atoms with Gasteiger partial charge in [-0.25, -0.2) is 0 Å². The van der Waals surface area contributed by atoms with Crippen molar-refractivity contribution in [2.24, 2.45) is 0 Å². The van der Waals surface area contributed by atoms with Gasteiger partial charge < -0.3 is 0 Å². The fraction of sp³-hybridized carbons (Fsp3) is 0.794. The van der Waals surface area contributed by atoms with Crippen LogP contribution in [0.25, 0.3) is 0 Å². The zero-order chi connectivity index (χ0) is 34.3. The van der Waals surface area contributed by atoms with Gasteiger partial charge >= 0.3 is 0 Å². The summed E-state index contributed by atoms with van der Waals surface area (Å²) in [6.45, 7) is 61.5. The topological polar surface area (TPSA) is 0 Å². The molecule has 0 unspecified atom stereocenters. The van der Waals surface area contributed by atoms with Crippen LogP contribution in [-0.4, -0.2) is 91.9 Å². The summed E-state index contributed by atoms with van der Waals surface area (Å²) >= 11 is 0. The molecule has 9 heteroatoms. The molecule has 0 nitrogen and oxygen atoms in total. The van der Waals surface area contributed by atoms with Crippen LogP contribution < -0.4 is 0 Å². The Balaban J connectivity index is -0.000000609. The molecule has 43 heavy (non-hydrogen) atoms. The second-order valence-electron chi connectivity index (χ2n) is 22.2. The van der Waals surface area contributed by atoms with Crippen LogP contribution in [-0.2, 0) is 0 Å². The van der Waals surface area contributed by atoms with Crippen molar-refractivity contribution in [2.45, 2.75) is 173 Å². The number of rotatable bonds is 11. The molecule has 0 heterocycles. The van der Waals surface area contributed by atoms with Crippen LogP contribution in [0.2, 0.25) is 157 Å². The predicted molar refractivity (Wildman–Crippen MR) is 235 cm³/mol. The van der Waals surface area contributed by atoms with Gasteiger partial charge in [-0.3, -0.25) is 0 Å². The normalized spacial score (nSPS) is 14.6. The van der Waals surface area contributed by atoms with Crippen LogP contribution >= 0.6 is 0 Å². The Morgan fingerprint density at radius 2 is 0.628 bits per heavy atom. The van der Waals surface area contributed by atoms with E-state index < -0.39 is 64.6 Å². The third kappa shape index (κ3) is 16.7. The van der Waals surface area contributed by atoms with Crippen LogP contribution in [0.4, 0.5) is 0 Å². The zero-order valence-corrected chi connectivity index (χ0v) is 45.9. The molecule has 0 spiro atoms. The van der Waals surface area contributed by atoms with E-state index in [0.717, 1.165) is 15.5 Å². The van der Waals surface area contributed by atoms with E-state index in [4.69, 9.17) is 0 Å². The number of benzene rings is 1. The van der Waals surface area contributed by atoms with Crippen LogP contribution in [0.5, 0.6) is 0 Å². The molecule has 6 radical (unpaired) electrons. The van der Waals surface area contributed by atoms with Gasteiger partial charge in [0.1, 0.15) is 0 Å². The summed E-state index contributed by atoms with van der Waals surface area (Å²) in [6, 6.07) is 9.65. The van der Waals surface area contributed by atoms with E-state index in [1.807, 2.05) is 0 Å². The van der Waals surface area contributed by atoms with E-state index in [-0.39, 0.29) is 30.2 Å². The summed E-state index contributed by atoms with van der Waals surface area (Å²) in [5.41, 5.74) is 7.59. The molecule has 0 saturated heterocycles. The van der Waals surface area contributed by atoms with E-state index in [0.29, 0.717) is 0 Å². The van der Waals surface area contributed by atoms with E-state index in [1.54, 1.807) is 16.7 Å². The van der Waals surface area contributed by atoms with Crippen molar-refractivity contribution in [2.75, 3.05) is 0 Å². The Kier molecular flexibility index (Phi) is 17.1. The van der Waals surface area contributed by atoms with Crippen molar-refractivity contribution in [3.8, 4) is 0 Å². The van der Waals surface area contributed by atoms with E-state index >= 15 is 0 Å². The van der Waals surface area contributed by atoms with Crippen LogP contribution in [0.15, 0.2) is 12.1 Å². The smallest absolute Gasteiger partial charge is 0.0493 e. The summed E-state index contributed by atoms with van der Waals surface area (Å²) in [7, 11) is -9.99. The maximum atomic E-state index is 4.24. The minimum atomic E-state index is -1.39. The predicted octanol–water partition coefficient (Wildman–Crippen LogP) is 13.1. The fourth-order valence-electron chi connectivity index (χ4n) is 9.18. The summed E-state index contributed by atoms with van der Waals surface area (Å²) in [6.07, 6.45) is 0. The van der Waals surface area contributed by atoms with Gasteiger partial charge in [-0.2, -0.15) is 0 Å². The molecule has 254 valence electrons. The van der Waals surface area contributed by atoms with Gasteiger partial charge in [-0.15, -0.1) is 0 Å². The quantitative estimate of drug-likeness (QED) is 0.194. The Hall–Kier alpha value is 1.88. The third-order valence-corrected chi connectivity index (χ3v) is 42.8. The first-order valence-electron chi connectivity index (χ1n) is 16.8. The Bertz CT molecular complexity index is 833. The van der Waals surface area contributed by atoms with E-state index in [1.165, 1.54) is 0 Å². The molecule has 0 atom stereocenters. The molecule has 0 fully saturated rings. The molecule has 0 aliphatic heterocycles. The van der Waals surface area contributed by atoms with Gasteiger partial charge in [0.25, 0.3) is 0 Å². The molecular formula is C34H82PbSi8. The van der Waals surface area contributed by atoms with Gasteiger partial charge in [-0.05, 0) is 38.3 Å². The molecule has 0 aliphatic carbocycles. The van der Waals surface area contributed by atoms with E-state index in [9.17, 15) is 0 Å². The minimum absolute atomic E-state index is 0. The van der Waals surface area contributed by atoms with Crippen molar-refractivity contribution in [3.05, 3.63) is 40.6 Å². The monoisotopic (exact) mass is 922 g/mol. The van der Waals surface area contributed by atoms with Crippen molar-refractivity contribution in [1.29, 1.82) is 0 Å². The Labute approximate surface area is 305 Å². The van der Waals surface area contributed by atoms with Crippen LogP contribution in [0, 0.1) is 11.7 Å². The molecule has 0 saturated carbocycles. The van der Waals surface area contributed by atoms with Crippen molar-refractivity contribution in [3.63, 3.8) is 0 Å². The molecule has 1 aromatic carbocycles. The largest absolute Gasteiger partial charge is 0.0696 e. The molecule has 0 aromatic heterocycles. The Morgan fingerprint density at radius 1 is 0.419 bits per heavy atom. The molecular weight excluding hydrogens is 840 g/mol. The molecule has 0 N–H and O–H groups in total. The standard InChI is InChI=1S/C27H59Si6.C7H19Si2.Pb.2H2/c1-28(2,3)25(29(4,5)6)22-19-23(26(30(7,8)9)31(10,11)12)21-24(20-22)27(32(13,14)15)33(16,17)18;1-8(2,3)7-9(4,5)6;;;/h19-20,25-27H,1-18H3;7H,1-6H3;;2*1H. The van der Waals surface area contributed by atoms with Crippen molar-refractivity contribution in [1.82, 2.24) is 0 Å². The summed E-state index contributed by atoms with van der Waals surface area (Å²) in [5, 5.41) is 2.32. The maximum absolute atomic E-state index is 4.24. The second kappa shape index (κ2) is 15.6. The average molecular weight is 923 g/mol. The van der Waals surface area contributed by atoms with Gasteiger partial charge in [0.15, 0.2) is 0 Å². The zero-order valence-electron chi connectivity index (χ0n) is 34.0. The summed E-state index contributed by atoms with van der Waals surface area (Å²) in [5.74, 6) is 0. The van der Waals surface area contributed by atoms with Crippen LogP contribution in [0.1, 0.15) is 35.0 Å². The summed E-state index contributed by atoms with van der Waals surface area (Å²) < 4.78 is 0. The van der Waals surface area contributed by atoms with Gasteiger partial charge in [0.05, 0.1) is 0 Å². The maximum Gasteiger partial charge on any atom is 0.0493 e. The first kappa shape index (κ1) is 47.0. The minimum Gasteiger partial charge on any atom is -0.0696 e. The molecule has 0 amide bonds. The summed E-state index contributed by atoms with van der Waals surface area (Å²) in [4.78, 5) is 0. The van der Waals surface area contributed by atoms with Gasteiger partial charge in [0.2, 0.25) is 0 Å². The van der Waals surface area contributed by atoms with Gasteiger partial charge in [0, 0.05) is 94.7 Å². The van der Waals surface area contributed by atoms with Gasteiger partial charge in [-0.1, -0.05) is 175 Å². The van der Waals surface area contributed by atoms with Crippen molar-refractivity contribution >= 4 is 91.9 Å². The fourth-order valence-corrected chi connectivity index (χ4v) is 57.4. The average Bonchev–Trinajstić information content (AvgIpc) is 2.49. The third-order valence-electron chi connectivity index (χ3n) is 7.95. The Morgan fingerprint density at radius 3 is 0.767 bits per heavy atom. The first-order valence-corrected chi connectivity index (χ1v) is 45.4.